The number of carbonyl (C=O) groups is 2. The van der Waals surface area contributed by atoms with Crippen molar-refractivity contribution in [3.63, 3.8) is 0 Å². The average molecular weight is 727 g/mol. The first-order chi connectivity index (χ1) is 24.7. The van der Waals surface area contributed by atoms with Crippen LogP contribution in [0.25, 0.3) is 0 Å². The highest BCUT2D eigenvalue weighted by Crippen LogP contribution is 2.27. The Balaban J connectivity index is 1.01. The molecule has 2 aromatic carbocycles. The van der Waals surface area contributed by atoms with Crippen LogP contribution in [0.2, 0.25) is 0 Å². The molecule has 2 aliphatic heterocycles. The van der Waals surface area contributed by atoms with Gasteiger partial charge in [0.15, 0.2) is 0 Å². The Hall–Kier alpha value is -5.12. The van der Waals surface area contributed by atoms with Crippen LogP contribution >= 0.6 is 0 Å². The van der Waals surface area contributed by atoms with Crippen LogP contribution in [0, 0.1) is 6.92 Å². The summed E-state index contributed by atoms with van der Waals surface area (Å²) >= 11 is 0. The molecule has 0 spiro atoms. The third-order valence-electron chi connectivity index (χ3n) is 8.98. The molecule has 0 unspecified atom stereocenters. The predicted molar refractivity (Wildman–Crippen MR) is 203 cm³/mol. The number of pyridine rings is 1. The minimum atomic E-state index is -3.69. The molecule has 2 saturated heterocycles. The molecule has 2 aromatic heterocycles. The molecule has 14 nitrogen and oxygen atoms in total. The fourth-order valence-electron chi connectivity index (χ4n) is 6.28. The normalized spacial score (nSPS) is 15.9. The third-order valence-corrected chi connectivity index (χ3v) is 10.7. The number of nitrogens with one attached hydrogen (secondary N) is 4. The van der Waals surface area contributed by atoms with E-state index in [0.29, 0.717) is 42.3 Å². The van der Waals surface area contributed by atoms with Crippen molar-refractivity contribution < 1.29 is 18.0 Å². The van der Waals surface area contributed by atoms with Crippen LogP contribution in [-0.2, 0) is 21.4 Å². The van der Waals surface area contributed by atoms with Crippen molar-refractivity contribution in [1.82, 2.24) is 29.9 Å². The maximum atomic E-state index is 12.9. The summed E-state index contributed by atoms with van der Waals surface area (Å²) in [5, 5.41) is 8.88. The smallest absolute Gasteiger partial charge is 0.328 e. The highest BCUT2D eigenvalue weighted by atomic mass is 32.2. The van der Waals surface area contributed by atoms with E-state index in [0.717, 1.165) is 48.6 Å². The standard InChI is InChI=1S/C37H46N10O4S/c1-25-22-39-35(43-34(25)40-27-7-6-8-32(21-27)52(50,51)44-37(2,3)4)41-26-9-12-30(13-10-26)46-18-15-29(16-19-46)45(5)24-28-11-14-31(23-38-28)47-20-17-33(48)42-36(47)49/h6-14,21-23,29,44H,15-20,24H2,1-5H3,(H,42,48,49)(H2,39,40,41,43). The number of sulfonamides is 1. The number of rotatable bonds is 11. The van der Waals surface area contributed by atoms with Crippen LogP contribution < -0.4 is 30.5 Å². The molecule has 4 aromatic rings. The van der Waals surface area contributed by atoms with Gasteiger partial charge in [-0.05, 0) is 102 Å². The van der Waals surface area contributed by atoms with Gasteiger partial charge in [0, 0.05) is 73.0 Å². The van der Waals surface area contributed by atoms with Crippen LogP contribution in [0.1, 0.15) is 51.3 Å². The number of aromatic nitrogens is 3. The quantitative estimate of drug-likeness (QED) is 0.159. The number of hydrogen-bond acceptors (Lipinski definition) is 11. The van der Waals surface area contributed by atoms with Crippen molar-refractivity contribution in [2.75, 3.05) is 47.1 Å². The van der Waals surface area contributed by atoms with E-state index in [9.17, 15) is 18.0 Å². The topological polar surface area (TPSA) is 165 Å². The van der Waals surface area contributed by atoms with E-state index >= 15 is 0 Å². The third kappa shape index (κ3) is 9.21. The van der Waals surface area contributed by atoms with Crippen LogP contribution in [0.3, 0.4) is 0 Å². The van der Waals surface area contributed by atoms with Crippen molar-refractivity contribution in [1.29, 1.82) is 0 Å². The summed E-state index contributed by atoms with van der Waals surface area (Å²) in [6.45, 7) is 10.2. The molecule has 0 aliphatic carbocycles. The lowest BCUT2D eigenvalue weighted by atomic mass is 10.0. The van der Waals surface area contributed by atoms with Crippen LogP contribution in [0.4, 0.5) is 39.3 Å². The number of anilines is 6. The van der Waals surface area contributed by atoms with E-state index in [1.165, 1.54) is 4.90 Å². The fourth-order valence-corrected chi connectivity index (χ4v) is 7.75. The van der Waals surface area contributed by atoms with Crippen molar-refractivity contribution in [2.45, 2.75) is 70.0 Å². The summed E-state index contributed by atoms with van der Waals surface area (Å²) in [5.74, 6) is 0.732. The van der Waals surface area contributed by atoms with Gasteiger partial charge < -0.3 is 15.5 Å². The summed E-state index contributed by atoms with van der Waals surface area (Å²) in [5.41, 5.74) is 4.42. The molecule has 0 atom stereocenters. The average Bonchev–Trinajstić information content (AvgIpc) is 3.10. The lowest BCUT2D eigenvalue weighted by Gasteiger charge is -2.38. The first-order valence-electron chi connectivity index (χ1n) is 17.4. The van der Waals surface area contributed by atoms with Gasteiger partial charge in [-0.25, -0.2) is 22.9 Å². The summed E-state index contributed by atoms with van der Waals surface area (Å²) in [7, 11) is -1.56. The zero-order valence-electron chi connectivity index (χ0n) is 30.2. The van der Waals surface area contributed by atoms with Gasteiger partial charge in [0.2, 0.25) is 21.9 Å². The summed E-state index contributed by atoms with van der Waals surface area (Å²) < 4.78 is 28.4. The Bertz CT molecular complexity index is 2010. The van der Waals surface area contributed by atoms with E-state index < -0.39 is 21.6 Å². The van der Waals surface area contributed by atoms with E-state index in [1.54, 1.807) is 57.4 Å². The second-order valence-corrected chi connectivity index (χ2v) is 16.0. The fraction of sp³-hybridized carbons (Fsp3) is 0.378. The molecule has 0 radical (unpaired) electrons. The molecule has 0 bridgehead atoms. The molecule has 52 heavy (non-hydrogen) atoms. The minimum absolute atomic E-state index is 0.167. The molecule has 15 heteroatoms. The summed E-state index contributed by atoms with van der Waals surface area (Å²) in [6, 6.07) is 18.7. The number of imide groups is 1. The van der Waals surface area contributed by atoms with Crippen molar-refractivity contribution >= 4 is 56.5 Å². The molecule has 6 rings (SSSR count). The number of hydrogen-bond donors (Lipinski definition) is 4. The first-order valence-corrected chi connectivity index (χ1v) is 18.8. The maximum Gasteiger partial charge on any atom is 0.328 e. The Morgan fingerprint density at radius 1 is 0.904 bits per heavy atom. The zero-order chi connectivity index (χ0) is 37.0. The van der Waals surface area contributed by atoms with Crippen LogP contribution in [-0.4, -0.2) is 78.5 Å². The summed E-state index contributed by atoms with van der Waals surface area (Å²) in [6.07, 6.45) is 5.74. The van der Waals surface area contributed by atoms with Gasteiger partial charge in [0.25, 0.3) is 0 Å². The molecule has 0 saturated carbocycles. The van der Waals surface area contributed by atoms with Crippen LogP contribution in [0.15, 0.2) is 78.0 Å². The predicted octanol–water partition coefficient (Wildman–Crippen LogP) is 5.29. The highest BCUT2D eigenvalue weighted by molar-refractivity contribution is 7.89. The van der Waals surface area contributed by atoms with Gasteiger partial charge in [-0.1, -0.05) is 6.07 Å². The van der Waals surface area contributed by atoms with Crippen molar-refractivity contribution in [3.8, 4) is 0 Å². The highest BCUT2D eigenvalue weighted by Gasteiger charge is 2.26. The van der Waals surface area contributed by atoms with Gasteiger partial charge in [-0.3, -0.25) is 24.9 Å². The van der Waals surface area contributed by atoms with Gasteiger partial charge in [-0.2, -0.15) is 4.98 Å². The van der Waals surface area contributed by atoms with Gasteiger partial charge in [0.05, 0.1) is 22.5 Å². The Kier molecular flexibility index (Phi) is 10.7. The largest absolute Gasteiger partial charge is 0.371 e. The Labute approximate surface area is 305 Å². The number of piperidine rings is 1. The van der Waals surface area contributed by atoms with Gasteiger partial charge >= 0.3 is 6.03 Å². The minimum Gasteiger partial charge on any atom is -0.371 e. The van der Waals surface area contributed by atoms with Gasteiger partial charge in [-0.15, -0.1) is 0 Å². The molecule has 3 amide bonds. The van der Waals surface area contributed by atoms with Crippen molar-refractivity contribution in [2.24, 2.45) is 0 Å². The first kappa shape index (κ1) is 36.7. The molecule has 4 heterocycles. The number of nitrogens with zero attached hydrogens (tertiary/aromatic N) is 6. The summed E-state index contributed by atoms with van der Waals surface area (Å²) in [4.78, 5) is 43.8. The second-order valence-electron chi connectivity index (χ2n) is 14.3. The lowest BCUT2D eigenvalue weighted by Crippen LogP contribution is -2.49. The Morgan fingerprint density at radius 2 is 1.63 bits per heavy atom. The van der Waals surface area contributed by atoms with E-state index in [1.807, 2.05) is 31.2 Å². The molecule has 4 N–H and O–H groups in total. The Morgan fingerprint density at radius 3 is 2.31 bits per heavy atom. The van der Waals surface area contributed by atoms with Crippen molar-refractivity contribution in [3.05, 3.63) is 84.3 Å². The number of carbonyl (C=O) groups excluding carboxylic acids is 2. The molecular weight excluding hydrogens is 681 g/mol. The monoisotopic (exact) mass is 726 g/mol. The van der Waals surface area contributed by atoms with E-state index in [4.69, 9.17) is 0 Å². The zero-order valence-corrected chi connectivity index (χ0v) is 31.0. The molecular formula is C37H46N10O4S. The van der Waals surface area contributed by atoms with E-state index in [-0.39, 0.29) is 17.2 Å². The molecule has 274 valence electrons. The maximum absolute atomic E-state index is 12.9. The number of amides is 3. The SMILES string of the molecule is Cc1cnc(Nc2ccc(N3CCC(N(C)Cc4ccc(N5CCC(=O)NC5=O)cn4)CC3)cc2)nc1Nc1cccc(S(=O)(=O)NC(C)(C)C)c1. The lowest BCUT2D eigenvalue weighted by molar-refractivity contribution is -0.120. The second kappa shape index (κ2) is 15.2. The molecule has 2 aliphatic rings. The van der Waals surface area contributed by atoms with Gasteiger partial charge in [0.1, 0.15) is 5.82 Å². The molecule has 2 fully saturated rings. The number of benzene rings is 2. The number of aryl methyl sites for hydroxylation is 1. The van der Waals surface area contributed by atoms with E-state index in [2.05, 4.69) is 64.6 Å². The number of urea groups is 1. The van der Waals surface area contributed by atoms with Crippen LogP contribution in [0.5, 0.6) is 0 Å².